The Morgan fingerprint density at radius 2 is 1.48 bits per heavy atom. The fourth-order valence-electron chi connectivity index (χ4n) is 2.58. The number of hydrogen-bond donors (Lipinski definition) is 1. The molecule has 0 aliphatic rings. The minimum atomic E-state index is 0.987. The molecule has 3 aromatic carbocycles. The first kappa shape index (κ1) is 14.2. The summed E-state index contributed by atoms with van der Waals surface area (Å²) in [6.45, 7) is 0.987. The highest BCUT2D eigenvalue weighted by Gasteiger charge is 2.03. The largest absolute Gasteiger partial charge is 0.385 e. The van der Waals surface area contributed by atoms with Crippen LogP contribution in [0.5, 0.6) is 0 Å². The van der Waals surface area contributed by atoms with Crippen molar-refractivity contribution in [1.29, 1.82) is 0 Å². The number of halogens is 1. The van der Waals surface area contributed by atoms with Crippen LogP contribution in [0.25, 0.3) is 10.8 Å². The third kappa shape index (κ3) is 3.45. The zero-order chi connectivity index (χ0) is 14.5. The second-order valence-electron chi connectivity index (χ2n) is 5.16. The molecule has 0 bridgehead atoms. The Morgan fingerprint density at radius 3 is 2.29 bits per heavy atom. The van der Waals surface area contributed by atoms with Gasteiger partial charge in [0.2, 0.25) is 0 Å². The topological polar surface area (TPSA) is 12.0 Å². The molecule has 106 valence electrons. The average Bonchev–Trinajstić information content (AvgIpc) is 2.55. The monoisotopic (exact) mass is 339 g/mol. The zero-order valence-electron chi connectivity index (χ0n) is 11.9. The fourth-order valence-corrected chi connectivity index (χ4v) is 3.05. The number of aryl methyl sites for hydroxylation is 1. The van der Waals surface area contributed by atoms with E-state index >= 15 is 0 Å². The first-order valence-corrected chi connectivity index (χ1v) is 8.09. The van der Waals surface area contributed by atoms with Gasteiger partial charge in [0.15, 0.2) is 0 Å². The molecule has 1 N–H and O–H groups in total. The van der Waals surface area contributed by atoms with Crippen LogP contribution < -0.4 is 5.32 Å². The van der Waals surface area contributed by atoms with Gasteiger partial charge in [0.05, 0.1) is 0 Å². The molecule has 0 spiro atoms. The second-order valence-corrected chi connectivity index (χ2v) is 6.01. The van der Waals surface area contributed by atoms with Crippen molar-refractivity contribution in [2.24, 2.45) is 0 Å². The van der Waals surface area contributed by atoms with Crippen LogP contribution >= 0.6 is 15.9 Å². The van der Waals surface area contributed by atoms with Crippen molar-refractivity contribution in [2.45, 2.75) is 12.8 Å². The van der Waals surface area contributed by atoms with Crippen LogP contribution in [0.1, 0.15) is 12.0 Å². The average molecular weight is 340 g/mol. The van der Waals surface area contributed by atoms with Crippen LogP contribution in [0.3, 0.4) is 0 Å². The third-order valence-corrected chi connectivity index (χ3v) is 4.36. The van der Waals surface area contributed by atoms with E-state index in [1.165, 1.54) is 22.0 Å². The minimum Gasteiger partial charge on any atom is -0.385 e. The molecular weight excluding hydrogens is 322 g/mol. The fraction of sp³-hybridized carbons (Fsp3) is 0.158. The summed E-state index contributed by atoms with van der Waals surface area (Å²) < 4.78 is 1.15. The van der Waals surface area contributed by atoms with Gasteiger partial charge in [0, 0.05) is 22.1 Å². The van der Waals surface area contributed by atoms with E-state index in [0.29, 0.717) is 0 Å². The molecule has 0 atom stereocenters. The first-order valence-electron chi connectivity index (χ1n) is 7.29. The maximum Gasteiger partial charge on any atom is 0.0420 e. The van der Waals surface area contributed by atoms with Gasteiger partial charge in [-0.1, -0.05) is 70.5 Å². The van der Waals surface area contributed by atoms with Crippen molar-refractivity contribution in [1.82, 2.24) is 0 Å². The van der Waals surface area contributed by atoms with Crippen LogP contribution in [0.15, 0.2) is 71.2 Å². The number of rotatable bonds is 5. The number of hydrogen-bond acceptors (Lipinski definition) is 1. The molecule has 0 fully saturated rings. The van der Waals surface area contributed by atoms with Crippen LogP contribution in [0, 0.1) is 0 Å². The Hall–Kier alpha value is -1.80. The lowest BCUT2D eigenvalue weighted by molar-refractivity contribution is 0.864. The van der Waals surface area contributed by atoms with Crippen LogP contribution in [0.2, 0.25) is 0 Å². The second kappa shape index (κ2) is 6.77. The predicted molar refractivity (Wildman–Crippen MR) is 94.9 cm³/mol. The van der Waals surface area contributed by atoms with Crippen molar-refractivity contribution in [3.05, 3.63) is 76.8 Å². The Balaban J connectivity index is 1.65. The van der Waals surface area contributed by atoms with E-state index in [1.54, 1.807) is 0 Å². The first-order chi connectivity index (χ1) is 10.3. The number of nitrogens with one attached hydrogen (secondary N) is 1. The molecule has 21 heavy (non-hydrogen) atoms. The van der Waals surface area contributed by atoms with Gasteiger partial charge in [-0.2, -0.15) is 0 Å². The molecule has 0 heterocycles. The summed E-state index contributed by atoms with van der Waals surface area (Å²) in [6.07, 6.45) is 2.25. The van der Waals surface area contributed by atoms with Crippen LogP contribution in [0.4, 0.5) is 5.69 Å². The Labute approximate surface area is 134 Å². The Bertz CT molecular complexity index is 722. The van der Waals surface area contributed by atoms with Gasteiger partial charge >= 0.3 is 0 Å². The van der Waals surface area contributed by atoms with Gasteiger partial charge in [-0.25, -0.2) is 0 Å². The van der Waals surface area contributed by atoms with E-state index in [0.717, 1.165) is 23.9 Å². The van der Waals surface area contributed by atoms with E-state index in [1.807, 2.05) is 0 Å². The number of benzene rings is 3. The van der Waals surface area contributed by atoms with Crippen molar-refractivity contribution >= 4 is 32.4 Å². The smallest absolute Gasteiger partial charge is 0.0420 e. The summed E-state index contributed by atoms with van der Waals surface area (Å²) in [6, 6.07) is 23.4. The van der Waals surface area contributed by atoms with Crippen molar-refractivity contribution in [3.63, 3.8) is 0 Å². The van der Waals surface area contributed by atoms with Gasteiger partial charge < -0.3 is 5.32 Å². The van der Waals surface area contributed by atoms with Crippen LogP contribution in [-0.2, 0) is 6.42 Å². The third-order valence-electron chi connectivity index (χ3n) is 3.67. The van der Waals surface area contributed by atoms with Gasteiger partial charge in [-0.3, -0.25) is 0 Å². The molecule has 2 heteroatoms. The van der Waals surface area contributed by atoms with Gasteiger partial charge in [-0.15, -0.1) is 0 Å². The standard InChI is InChI=1S/C19H18BrN/c20-18-12-13-19(17-11-5-4-10-16(17)18)21-14-6-9-15-7-2-1-3-8-15/h1-5,7-8,10-13,21H,6,9,14H2. The van der Waals surface area contributed by atoms with Gasteiger partial charge in [0.1, 0.15) is 0 Å². The Kier molecular flexibility index (Phi) is 4.56. The molecule has 0 aliphatic heterocycles. The molecule has 0 aromatic heterocycles. The molecule has 0 saturated carbocycles. The molecule has 0 radical (unpaired) electrons. The summed E-state index contributed by atoms with van der Waals surface area (Å²) in [5.74, 6) is 0. The lowest BCUT2D eigenvalue weighted by atomic mass is 10.1. The summed E-state index contributed by atoms with van der Waals surface area (Å²) in [7, 11) is 0. The van der Waals surface area contributed by atoms with E-state index in [9.17, 15) is 0 Å². The quantitative estimate of drug-likeness (QED) is 0.592. The molecule has 3 aromatic rings. The highest BCUT2D eigenvalue weighted by atomic mass is 79.9. The summed E-state index contributed by atoms with van der Waals surface area (Å²) in [5.41, 5.74) is 2.61. The summed E-state index contributed by atoms with van der Waals surface area (Å²) in [4.78, 5) is 0. The molecule has 0 saturated heterocycles. The number of fused-ring (bicyclic) bond motifs is 1. The van der Waals surface area contributed by atoms with Gasteiger partial charge in [0.25, 0.3) is 0 Å². The lowest BCUT2D eigenvalue weighted by Gasteiger charge is -2.11. The molecule has 3 rings (SSSR count). The van der Waals surface area contributed by atoms with Crippen molar-refractivity contribution in [3.8, 4) is 0 Å². The predicted octanol–water partition coefficient (Wildman–Crippen LogP) is 5.65. The van der Waals surface area contributed by atoms with E-state index in [2.05, 4.69) is 88.0 Å². The Morgan fingerprint density at radius 1 is 0.762 bits per heavy atom. The summed E-state index contributed by atoms with van der Waals surface area (Å²) >= 11 is 3.62. The van der Waals surface area contributed by atoms with E-state index < -0.39 is 0 Å². The van der Waals surface area contributed by atoms with Crippen molar-refractivity contribution < 1.29 is 0 Å². The lowest BCUT2D eigenvalue weighted by Crippen LogP contribution is -2.03. The highest BCUT2D eigenvalue weighted by molar-refractivity contribution is 9.10. The van der Waals surface area contributed by atoms with Crippen molar-refractivity contribution in [2.75, 3.05) is 11.9 Å². The van der Waals surface area contributed by atoms with E-state index in [-0.39, 0.29) is 0 Å². The number of anilines is 1. The normalized spacial score (nSPS) is 10.7. The minimum absolute atomic E-state index is 0.987. The summed E-state index contributed by atoms with van der Waals surface area (Å²) in [5, 5.41) is 6.09. The molecule has 0 aliphatic carbocycles. The maximum absolute atomic E-state index is 3.62. The van der Waals surface area contributed by atoms with Crippen LogP contribution in [-0.4, -0.2) is 6.54 Å². The molecule has 0 amide bonds. The zero-order valence-corrected chi connectivity index (χ0v) is 13.4. The molecule has 1 nitrogen and oxygen atoms in total. The molecule has 0 unspecified atom stereocenters. The SMILES string of the molecule is Brc1ccc(NCCCc2ccccc2)c2ccccc12. The maximum atomic E-state index is 3.62. The molecular formula is C19H18BrN. The van der Waals surface area contributed by atoms with Gasteiger partial charge in [-0.05, 0) is 35.9 Å². The van der Waals surface area contributed by atoms with E-state index in [4.69, 9.17) is 0 Å². The highest BCUT2D eigenvalue weighted by Crippen LogP contribution is 2.29.